The summed E-state index contributed by atoms with van der Waals surface area (Å²) >= 11 is 1.54. The molecule has 0 aliphatic carbocycles. The molecule has 1 saturated heterocycles. The lowest BCUT2D eigenvalue weighted by Crippen LogP contribution is -2.46. The normalized spacial score (nSPS) is 15.8. The molecule has 1 amide bonds. The van der Waals surface area contributed by atoms with E-state index in [1.807, 2.05) is 62.5 Å². The Balaban J connectivity index is 1.42. The number of nitrogens with one attached hydrogen (secondary N) is 1. The number of piperidine rings is 1. The second-order valence-corrected chi connectivity index (χ2v) is 11.0. The summed E-state index contributed by atoms with van der Waals surface area (Å²) < 4.78 is 17.4. The second-order valence-electron chi connectivity index (χ2n) is 10.1. The summed E-state index contributed by atoms with van der Waals surface area (Å²) in [7, 11) is 1.63. The van der Waals surface area contributed by atoms with Gasteiger partial charge in [-0.15, -0.1) is 11.3 Å². The van der Waals surface area contributed by atoms with Gasteiger partial charge in [-0.3, -0.25) is 0 Å². The van der Waals surface area contributed by atoms with E-state index in [1.54, 1.807) is 35.7 Å². The van der Waals surface area contributed by atoms with Gasteiger partial charge in [0.25, 0.3) is 0 Å². The number of likely N-dealkylation sites (tertiary alicyclic amines) is 1. The number of aromatic nitrogens is 3. The van der Waals surface area contributed by atoms with Crippen LogP contribution in [0.1, 0.15) is 33.6 Å². The van der Waals surface area contributed by atoms with Crippen LogP contribution in [0.2, 0.25) is 0 Å². The zero-order valence-corrected chi connectivity index (χ0v) is 22.7. The molecule has 0 saturated carbocycles. The summed E-state index contributed by atoms with van der Waals surface area (Å²) in [5.74, 6) is 1.88. The summed E-state index contributed by atoms with van der Waals surface area (Å²) in [6, 6.07) is 11.5. The van der Waals surface area contributed by atoms with Crippen LogP contribution in [-0.4, -0.2) is 57.8 Å². The van der Waals surface area contributed by atoms with E-state index in [4.69, 9.17) is 19.2 Å². The topological polar surface area (TPSA) is 98.7 Å². The molecular formula is C28H31N5O4S. The molecule has 38 heavy (non-hydrogen) atoms. The minimum Gasteiger partial charge on any atom is -0.497 e. The quantitative estimate of drug-likeness (QED) is 0.309. The van der Waals surface area contributed by atoms with Gasteiger partial charge < -0.3 is 24.4 Å². The third kappa shape index (κ3) is 6.13. The number of nitrogens with zero attached hydrogens (tertiary/aromatic N) is 4. The van der Waals surface area contributed by atoms with E-state index in [0.29, 0.717) is 24.8 Å². The number of ether oxygens (including phenoxy) is 3. The lowest BCUT2D eigenvalue weighted by Gasteiger charge is -2.34. The highest BCUT2D eigenvalue weighted by atomic mass is 32.1. The van der Waals surface area contributed by atoms with Gasteiger partial charge in [0.15, 0.2) is 0 Å². The van der Waals surface area contributed by atoms with Crippen molar-refractivity contribution in [2.45, 2.75) is 45.3 Å². The van der Waals surface area contributed by atoms with Gasteiger partial charge in [0.2, 0.25) is 5.95 Å². The molecule has 0 radical (unpaired) electrons. The minimum atomic E-state index is -0.544. The number of benzene rings is 2. The zero-order chi connectivity index (χ0) is 26.7. The zero-order valence-electron chi connectivity index (χ0n) is 21.9. The van der Waals surface area contributed by atoms with Crippen molar-refractivity contribution in [2.75, 3.05) is 25.5 Å². The van der Waals surface area contributed by atoms with Crippen LogP contribution in [-0.2, 0) is 4.74 Å². The fourth-order valence-electron chi connectivity index (χ4n) is 4.28. The van der Waals surface area contributed by atoms with Crippen LogP contribution in [0.25, 0.3) is 21.5 Å². The Kier molecular flexibility index (Phi) is 7.33. The Morgan fingerprint density at radius 1 is 1.18 bits per heavy atom. The van der Waals surface area contributed by atoms with Gasteiger partial charge in [-0.1, -0.05) is 6.07 Å². The van der Waals surface area contributed by atoms with E-state index in [9.17, 15) is 4.79 Å². The maximum atomic E-state index is 12.7. The highest BCUT2D eigenvalue weighted by Gasteiger charge is 2.29. The number of amides is 1. The van der Waals surface area contributed by atoms with Crippen LogP contribution >= 0.6 is 11.3 Å². The van der Waals surface area contributed by atoms with E-state index in [2.05, 4.69) is 15.3 Å². The van der Waals surface area contributed by atoms with Crippen LogP contribution < -0.4 is 14.8 Å². The van der Waals surface area contributed by atoms with Crippen molar-refractivity contribution in [2.24, 2.45) is 0 Å². The maximum absolute atomic E-state index is 12.7. The van der Waals surface area contributed by atoms with Crippen molar-refractivity contribution in [1.29, 1.82) is 0 Å². The number of thiazole rings is 1. The maximum Gasteiger partial charge on any atom is 0.410 e. The molecule has 2 aromatic carbocycles. The van der Waals surface area contributed by atoms with E-state index >= 15 is 0 Å². The van der Waals surface area contributed by atoms with Gasteiger partial charge in [-0.05, 0) is 51.8 Å². The highest BCUT2D eigenvalue weighted by molar-refractivity contribution is 7.13. The van der Waals surface area contributed by atoms with Crippen molar-refractivity contribution >= 4 is 40.0 Å². The fourth-order valence-corrected chi connectivity index (χ4v) is 4.94. The summed E-state index contributed by atoms with van der Waals surface area (Å²) in [5, 5.41) is 6.90. The molecule has 10 heteroatoms. The number of carbonyl (C=O) groups excluding carboxylic acids is 1. The molecule has 1 unspecified atom stereocenters. The smallest absolute Gasteiger partial charge is 0.410 e. The van der Waals surface area contributed by atoms with Gasteiger partial charge in [-0.2, -0.15) is 0 Å². The predicted molar refractivity (Wildman–Crippen MR) is 148 cm³/mol. The monoisotopic (exact) mass is 533 g/mol. The SMILES string of the molecule is COc1cccc(Nc2ncc3cc(-c4nccs4)c(OC4CCCN(C(=O)OC(C)(C)C)C4)cc3n2)c1. The fraction of sp³-hybridized carbons (Fsp3) is 0.357. The molecular weight excluding hydrogens is 502 g/mol. The van der Waals surface area contributed by atoms with E-state index in [-0.39, 0.29) is 12.2 Å². The van der Waals surface area contributed by atoms with Crippen LogP contribution in [0.5, 0.6) is 11.5 Å². The molecule has 0 spiro atoms. The van der Waals surface area contributed by atoms with E-state index in [0.717, 1.165) is 45.8 Å². The van der Waals surface area contributed by atoms with Gasteiger partial charge in [-0.25, -0.2) is 19.7 Å². The summed E-state index contributed by atoms with van der Waals surface area (Å²) in [6.07, 6.45) is 4.74. The molecule has 1 aliphatic heterocycles. The number of fused-ring (bicyclic) bond motifs is 1. The van der Waals surface area contributed by atoms with E-state index in [1.165, 1.54) is 0 Å². The summed E-state index contributed by atoms with van der Waals surface area (Å²) in [4.78, 5) is 28.2. The van der Waals surface area contributed by atoms with Crippen molar-refractivity contribution in [3.05, 3.63) is 54.2 Å². The van der Waals surface area contributed by atoms with Crippen LogP contribution in [0, 0.1) is 0 Å². The average Bonchev–Trinajstić information content (AvgIpc) is 3.42. The van der Waals surface area contributed by atoms with Gasteiger partial charge in [0.1, 0.15) is 28.2 Å². The lowest BCUT2D eigenvalue weighted by atomic mass is 10.1. The molecule has 1 N–H and O–H groups in total. The second kappa shape index (κ2) is 10.8. The highest BCUT2D eigenvalue weighted by Crippen LogP contribution is 2.36. The first-order chi connectivity index (χ1) is 18.3. The number of methoxy groups -OCH3 is 1. The summed E-state index contributed by atoms with van der Waals surface area (Å²) in [6.45, 7) is 6.72. The molecule has 198 valence electrons. The molecule has 3 heterocycles. The van der Waals surface area contributed by atoms with E-state index < -0.39 is 5.60 Å². The van der Waals surface area contributed by atoms with Crippen LogP contribution in [0.3, 0.4) is 0 Å². The number of anilines is 2. The molecule has 0 bridgehead atoms. The first kappa shape index (κ1) is 25.7. The third-order valence-electron chi connectivity index (χ3n) is 5.99. The first-order valence-corrected chi connectivity index (χ1v) is 13.4. The number of hydrogen-bond acceptors (Lipinski definition) is 9. The van der Waals surface area contributed by atoms with Crippen LogP contribution in [0.4, 0.5) is 16.4 Å². The number of carbonyl (C=O) groups is 1. The van der Waals surface area contributed by atoms with Gasteiger partial charge >= 0.3 is 6.09 Å². The Bertz CT molecular complexity index is 1420. The Hall–Kier alpha value is -3.92. The number of rotatable bonds is 6. The largest absolute Gasteiger partial charge is 0.497 e. The van der Waals surface area contributed by atoms with Gasteiger partial charge in [0, 0.05) is 47.5 Å². The van der Waals surface area contributed by atoms with Crippen molar-refractivity contribution in [1.82, 2.24) is 19.9 Å². The third-order valence-corrected chi connectivity index (χ3v) is 6.80. The number of hydrogen-bond donors (Lipinski definition) is 1. The Labute approximate surface area is 225 Å². The molecule has 2 aromatic heterocycles. The lowest BCUT2D eigenvalue weighted by molar-refractivity contribution is 0.00784. The minimum absolute atomic E-state index is 0.177. The molecule has 1 fully saturated rings. The molecule has 9 nitrogen and oxygen atoms in total. The van der Waals surface area contributed by atoms with Crippen LogP contribution in [0.15, 0.2) is 54.2 Å². The van der Waals surface area contributed by atoms with Gasteiger partial charge in [0.05, 0.1) is 24.7 Å². The first-order valence-electron chi connectivity index (χ1n) is 12.5. The predicted octanol–water partition coefficient (Wildman–Crippen LogP) is 6.28. The Morgan fingerprint density at radius 2 is 2.05 bits per heavy atom. The summed E-state index contributed by atoms with van der Waals surface area (Å²) in [5.41, 5.74) is 1.89. The molecule has 5 rings (SSSR count). The molecule has 4 aromatic rings. The molecule has 1 aliphatic rings. The van der Waals surface area contributed by atoms with Crippen molar-refractivity contribution < 1.29 is 19.0 Å². The van der Waals surface area contributed by atoms with Crippen molar-refractivity contribution in [3.8, 4) is 22.1 Å². The van der Waals surface area contributed by atoms with Crippen molar-refractivity contribution in [3.63, 3.8) is 0 Å². The Morgan fingerprint density at radius 3 is 2.82 bits per heavy atom. The molecule has 1 atom stereocenters. The standard InChI is InChI=1S/C28H31N5O4S/c1-28(2,3)37-27(34)33-11-6-9-21(17-33)36-24-15-23-18(13-22(24)25-29-10-12-38-25)16-30-26(32-23)31-19-7-5-8-20(14-19)35-4/h5,7-8,10,12-16,21H,6,9,11,17H2,1-4H3,(H,30,31,32). The average molecular weight is 534 g/mol.